The van der Waals surface area contributed by atoms with Crippen molar-refractivity contribution in [1.82, 2.24) is 15.6 Å². The lowest BCUT2D eigenvalue weighted by molar-refractivity contribution is 0.0950. The summed E-state index contributed by atoms with van der Waals surface area (Å²) in [5, 5.41) is 10.7. The van der Waals surface area contributed by atoms with E-state index in [1.54, 1.807) is 30.7 Å². The van der Waals surface area contributed by atoms with Crippen LogP contribution < -0.4 is 5.43 Å². The molecule has 3 aromatic rings. The average molecular weight is 336 g/mol. The molecule has 0 radical (unpaired) electrons. The average Bonchev–Trinajstić information content (AvgIpc) is 3.25. The Kier molecular flexibility index (Phi) is 4.52. The molecule has 0 aliphatic carbocycles. The summed E-state index contributed by atoms with van der Waals surface area (Å²) in [4.78, 5) is 12.1. The Bertz CT molecular complexity index is 869. The lowest BCUT2D eigenvalue weighted by atomic mass is 9.87. The predicted molar refractivity (Wildman–Crippen MR) is 96.5 cm³/mol. The number of benzene rings is 1. The zero-order valence-corrected chi connectivity index (χ0v) is 14.4. The van der Waals surface area contributed by atoms with Gasteiger partial charge in [0.15, 0.2) is 11.5 Å². The molecular weight excluding hydrogens is 316 g/mol. The Morgan fingerprint density at radius 3 is 2.64 bits per heavy atom. The molecule has 0 aliphatic rings. The van der Waals surface area contributed by atoms with Crippen LogP contribution in [0, 0.1) is 0 Å². The van der Waals surface area contributed by atoms with Crippen LogP contribution in [-0.4, -0.2) is 22.3 Å². The van der Waals surface area contributed by atoms with E-state index in [-0.39, 0.29) is 11.1 Å². The second-order valence-electron chi connectivity index (χ2n) is 6.72. The normalized spacial score (nSPS) is 11.8. The largest absolute Gasteiger partial charge is 0.463 e. The van der Waals surface area contributed by atoms with Crippen molar-refractivity contribution in [2.24, 2.45) is 5.10 Å². The first kappa shape index (κ1) is 16.7. The molecule has 2 aromatic heterocycles. The summed E-state index contributed by atoms with van der Waals surface area (Å²) < 4.78 is 5.25. The number of rotatable bonds is 4. The van der Waals surface area contributed by atoms with E-state index in [4.69, 9.17) is 4.42 Å². The fraction of sp³-hybridized carbons (Fsp3) is 0.211. The third-order valence-corrected chi connectivity index (χ3v) is 3.75. The molecule has 0 unspecified atom stereocenters. The minimum Gasteiger partial charge on any atom is -0.463 e. The molecule has 1 aromatic carbocycles. The number of hydrogen-bond acceptors (Lipinski definition) is 4. The van der Waals surface area contributed by atoms with Crippen LogP contribution in [0.1, 0.15) is 42.4 Å². The minimum atomic E-state index is -0.392. The first-order valence-electron chi connectivity index (χ1n) is 7.97. The number of amides is 1. The molecular formula is C19H20N4O2. The fourth-order valence-corrected chi connectivity index (χ4v) is 2.29. The summed E-state index contributed by atoms with van der Waals surface area (Å²) in [7, 11) is 0. The topological polar surface area (TPSA) is 83.3 Å². The molecule has 3 rings (SSSR count). The maximum atomic E-state index is 12.1. The molecule has 0 saturated heterocycles. The molecule has 0 atom stereocenters. The van der Waals surface area contributed by atoms with Crippen molar-refractivity contribution in [2.75, 3.05) is 0 Å². The first-order chi connectivity index (χ1) is 11.9. The van der Waals surface area contributed by atoms with E-state index < -0.39 is 5.91 Å². The van der Waals surface area contributed by atoms with Crippen molar-refractivity contribution in [1.29, 1.82) is 0 Å². The van der Waals surface area contributed by atoms with E-state index in [1.807, 2.05) is 12.1 Å². The van der Waals surface area contributed by atoms with E-state index in [9.17, 15) is 4.79 Å². The quantitative estimate of drug-likeness (QED) is 0.562. The zero-order chi connectivity index (χ0) is 17.9. The summed E-state index contributed by atoms with van der Waals surface area (Å²) in [6, 6.07) is 13.2. The molecule has 2 heterocycles. The highest BCUT2D eigenvalue weighted by atomic mass is 16.3. The standard InChI is InChI=1S/C19H20N4O2/c1-19(2,3)14-8-6-13(7-9-14)12-20-23-18(24)16-11-15(21-22-16)17-5-4-10-25-17/h4-12H,1-3H3,(H,21,22)(H,23,24). The van der Waals surface area contributed by atoms with Crippen LogP contribution in [0.25, 0.3) is 11.5 Å². The second-order valence-corrected chi connectivity index (χ2v) is 6.72. The summed E-state index contributed by atoms with van der Waals surface area (Å²) in [5.74, 6) is 0.227. The van der Waals surface area contributed by atoms with Gasteiger partial charge < -0.3 is 4.42 Å². The number of carbonyl (C=O) groups is 1. The number of aromatic nitrogens is 2. The van der Waals surface area contributed by atoms with Gasteiger partial charge >= 0.3 is 0 Å². The van der Waals surface area contributed by atoms with Crippen LogP contribution in [-0.2, 0) is 5.41 Å². The van der Waals surface area contributed by atoms with Gasteiger partial charge in [-0.15, -0.1) is 0 Å². The van der Waals surface area contributed by atoms with E-state index in [0.29, 0.717) is 11.5 Å². The van der Waals surface area contributed by atoms with Crippen LogP contribution in [0.2, 0.25) is 0 Å². The molecule has 6 nitrogen and oxygen atoms in total. The number of furan rings is 1. The second kappa shape index (κ2) is 6.76. The maximum absolute atomic E-state index is 12.1. The van der Waals surface area contributed by atoms with Gasteiger partial charge in [0.05, 0.1) is 12.5 Å². The molecule has 0 spiro atoms. The first-order valence-corrected chi connectivity index (χ1v) is 7.97. The summed E-state index contributed by atoms with van der Waals surface area (Å²) >= 11 is 0. The molecule has 6 heteroatoms. The minimum absolute atomic E-state index is 0.107. The lowest BCUT2D eigenvalue weighted by Gasteiger charge is -2.18. The number of H-pyrrole nitrogens is 1. The molecule has 25 heavy (non-hydrogen) atoms. The summed E-state index contributed by atoms with van der Waals surface area (Å²) in [6.45, 7) is 6.49. The van der Waals surface area contributed by atoms with Crippen LogP contribution in [0.4, 0.5) is 0 Å². The van der Waals surface area contributed by atoms with Crippen molar-refractivity contribution in [3.05, 3.63) is 65.5 Å². The summed E-state index contributed by atoms with van der Waals surface area (Å²) in [5.41, 5.74) is 5.61. The molecule has 128 valence electrons. The SMILES string of the molecule is CC(C)(C)c1ccc(C=NNC(=O)c2cc(-c3ccco3)[nH]n2)cc1. The number of carbonyl (C=O) groups excluding carboxylic acids is 1. The van der Waals surface area contributed by atoms with E-state index in [0.717, 1.165) is 5.56 Å². The molecule has 0 bridgehead atoms. The number of aromatic amines is 1. The number of hydrogen-bond donors (Lipinski definition) is 2. The Morgan fingerprint density at radius 1 is 1.24 bits per heavy atom. The zero-order valence-electron chi connectivity index (χ0n) is 14.4. The van der Waals surface area contributed by atoms with Crippen molar-refractivity contribution >= 4 is 12.1 Å². The van der Waals surface area contributed by atoms with Crippen molar-refractivity contribution < 1.29 is 9.21 Å². The van der Waals surface area contributed by atoms with Crippen molar-refractivity contribution in [3.8, 4) is 11.5 Å². The van der Waals surface area contributed by atoms with Crippen molar-refractivity contribution in [2.45, 2.75) is 26.2 Å². The van der Waals surface area contributed by atoms with Gasteiger partial charge in [0, 0.05) is 6.07 Å². The van der Waals surface area contributed by atoms with Crippen LogP contribution in [0.5, 0.6) is 0 Å². The third-order valence-electron chi connectivity index (χ3n) is 3.75. The highest BCUT2D eigenvalue weighted by Crippen LogP contribution is 2.21. The number of hydrazone groups is 1. The monoisotopic (exact) mass is 336 g/mol. The van der Waals surface area contributed by atoms with Crippen LogP contribution in [0.3, 0.4) is 0 Å². The highest BCUT2D eigenvalue weighted by Gasteiger charge is 2.13. The predicted octanol–water partition coefficient (Wildman–Crippen LogP) is 3.73. The molecule has 2 N–H and O–H groups in total. The van der Waals surface area contributed by atoms with Gasteiger partial charge in [-0.2, -0.15) is 10.2 Å². The van der Waals surface area contributed by atoms with Gasteiger partial charge in [-0.3, -0.25) is 9.89 Å². The van der Waals surface area contributed by atoms with Crippen molar-refractivity contribution in [3.63, 3.8) is 0 Å². The Labute approximate surface area is 146 Å². The third kappa shape index (κ3) is 4.03. The molecule has 0 aliphatic heterocycles. The van der Waals surface area contributed by atoms with Crippen LogP contribution >= 0.6 is 0 Å². The molecule has 0 saturated carbocycles. The smallest absolute Gasteiger partial charge is 0.291 e. The fourth-order valence-electron chi connectivity index (χ4n) is 2.29. The van der Waals surface area contributed by atoms with Gasteiger partial charge in [-0.1, -0.05) is 45.0 Å². The Balaban J connectivity index is 1.61. The van der Waals surface area contributed by atoms with Gasteiger partial charge in [0.25, 0.3) is 5.91 Å². The highest BCUT2D eigenvalue weighted by molar-refractivity contribution is 5.93. The Morgan fingerprint density at radius 2 is 2.00 bits per heavy atom. The van der Waals surface area contributed by atoms with Gasteiger partial charge in [-0.05, 0) is 28.7 Å². The molecule has 1 amide bonds. The van der Waals surface area contributed by atoms with E-state index in [1.165, 1.54) is 5.56 Å². The van der Waals surface area contributed by atoms with Gasteiger partial charge in [0.2, 0.25) is 0 Å². The maximum Gasteiger partial charge on any atom is 0.291 e. The van der Waals surface area contributed by atoms with Gasteiger partial charge in [0.1, 0.15) is 5.69 Å². The number of nitrogens with zero attached hydrogens (tertiary/aromatic N) is 2. The lowest BCUT2D eigenvalue weighted by Crippen LogP contribution is -2.18. The Hall–Kier alpha value is -3.15. The number of nitrogens with one attached hydrogen (secondary N) is 2. The van der Waals surface area contributed by atoms with E-state index in [2.05, 4.69) is 53.6 Å². The van der Waals surface area contributed by atoms with E-state index >= 15 is 0 Å². The summed E-state index contributed by atoms with van der Waals surface area (Å²) in [6.07, 6.45) is 3.16. The van der Waals surface area contributed by atoms with Gasteiger partial charge in [-0.25, -0.2) is 5.43 Å². The van der Waals surface area contributed by atoms with Crippen LogP contribution in [0.15, 0.2) is 58.2 Å². The molecule has 0 fully saturated rings.